The van der Waals surface area contributed by atoms with E-state index in [0.29, 0.717) is 6.54 Å². The lowest BCUT2D eigenvalue weighted by atomic mass is 10.3. The van der Waals surface area contributed by atoms with E-state index in [1.807, 2.05) is 31.2 Å². The van der Waals surface area contributed by atoms with Gasteiger partial charge in [0.05, 0.1) is 6.54 Å². The molecule has 0 bridgehead atoms. The van der Waals surface area contributed by atoms with Crippen molar-refractivity contribution >= 4 is 39.9 Å². The molecule has 0 saturated carbocycles. The van der Waals surface area contributed by atoms with Gasteiger partial charge in [-0.05, 0) is 30.8 Å². The predicted molar refractivity (Wildman–Crippen MR) is 68.6 cm³/mol. The number of rotatable bonds is 4. The molecule has 1 aromatic carbocycles. The molecular formula is C10H14BrClN2O. The lowest BCUT2D eigenvalue weighted by Gasteiger charge is -2.05. The number of amides is 1. The third-order valence-electron chi connectivity index (χ3n) is 1.66. The molecule has 3 nitrogen and oxygen atoms in total. The van der Waals surface area contributed by atoms with E-state index in [4.69, 9.17) is 0 Å². The minimum absolute atomic E-state index is 0. The van der Waals surface area contributed by atoms with E-state index in [-0.39, 0.29) is 18.3 Å². The van der Waals surface area contributed by atoms with Gasteiger partial charge in [0.25, 0.3) is 0 Å². The van der Waals surface area contributed by atoms with Crippen molar-refractivity contribution in [3.63, 3.8) is 0 Å². The largest absolute Gasteiger partial charge is 0.325 e. The Kier molecular flexibility index (Phi) is 7.38. The molecule has 15 heavy (non-hydrogen) atoms. The monoisotopic (exact) mass is 292 g/mol. The summed E-state index contributed by atoms with van der Waals surface area (Å²) in [6.07, 6.45) is 0. The van der Waals surface area contributed by atoms with Crippen molar-refractivity contribution in [3.05, 3.63) is 28.7 Å². The zero-order chi connectivity index (χ0) is 10.4. The molecule has 0 aliphatic heterocycles. The van der Waals surface area contributed by atoms with Gasteiger partial charge in [-0.2, -0.15) is 0 Å². The van der Waals surface area contributed by atoms with Crippen LogP contribution in [-0.2, 0) is 4.79 Å². The maximum atomic E-state index is 11.3. The van der Waals surface area contributed by atoms with Gasteiger partial charge in [0, 0.05) is 10.2 Å². The molecule has 0 spiro atoms. The Morgan fingerprint density at radius 1 is 1.33 bits per heavy atom. The first-order valence-corrected chi connectivity index (χ1v) is 5.28. The summed E-state index contributed by atoms with van der Waals surface area (Å²) >= 11 is 3.33. The summed E-state index contributed by atoms with van der Waals surface area (Å²) in [4.78, 5) is 11.3. The Labute approximate surface area is 104 Å². The predicted octanol–water partition coefficient (Wildman–Crippen LogP) is 2.42. The summed E-state index contributed by atoms with van der Waals surface area (Å²) in [6.45, 7) is 3.12. The van der Waals surface area contributed by atoms with Crippen molar-refractivity contribution in [1.82, 2.24) is 5.32 Å². The molecule has 2 N–H and O–H groups in total. The number of likely N-dealkylation sites (N-methyl/N-ethyl adjacent to an activating group) is 1. The molecule has 1 rings (SSSR count). The number of nitrogens with one attached hydrogen (secondary N) is 2. The zero-order valence-electron chi connectivity index (χ0n) is 8.42. The lowest BCUT2D eigenvalue weighted by molar-refractivity contribution is -0.115. The Bertz CT molecular complexity index is 303. The number of carbonyl (C=O) groups is 1. The van der Waals surface area contributed by atoms with Crippen LogP contribution >= 0.6 is 28.3 Å². The minimum atomic E-state index is -0.0193. The van der Waals surface area contributed by atoms with Gasteiger partial charge in [0.2, 0.25) is 5.91 Å². The molecule has 5 heteroatoms. The highest BCUT2D eigenvalue weighted by Gasteiger charge is 1.99. The van der Waals surface area contributed by atoms with Crippen molar-refractivity contribution in [2.24, 2.45) is 0 Å². The summed E-state index contributed by atoms with van der Waals surface area (Å²) in [6, 6.07) is 7.49. The molecule has 0 aromatic heterocycles. The zero-order valence-corrected chi connectivity index (χ0v) is 10.8. The van der Waals surface area contributed by atoms with Gasteiger partial charge in [0.15, 0.2) is 0 Å². The normalized spacial score (nSPS) is 9.20. The van der Waals surface area contributed by atoms with Crippen LogP contribution in [0.2, 0.25) is 0 Å². The van der Waals surface area contributed by atoms with Gasteiger partial charge in [-0.1, -0.05) is 22.9 Å². The summed E-state index contributed by atoms with van der Waals surface area (Å²) in [7, 11) is 0. The minimum Gasteiger partial charge on any atom is -0.325 e. The van der Waals surface area contributed by atoms with E-state index in [0.717, 1.165) is 16.7 Å². The van der Waals surface area contributed by atoms with E-state index >= 15 is 0 Å². The number of halogens is 2. The number of carbonyl (C=O) groups excluding carboxylic acids is 1. The van der Waals surface area contributed by atoms with Gasteiger partial charge in [-0.3, -0.25) is 4.79 Å². The average molecular weight is 294 g/mol. The molecule has 0 aliphatic carbocycles. The van der Waals surface area contributed by atoms with E-state index in [9.17, 15) is 4.79 Å². The Morgan fingerprint density at radius 2 is 1.93 bits per heavy atom. The number of hydrogen-bond donors (Lipinski definition) is 2. The first kappa shape index (κ1) is 14.4. The molecule has 0 fully saturated rings. The first-order chi connectivity index (χ1) is 6.72. The fourth-order valence-corrected chi connectivity index (χ4v) is 1.24. The molecule has 0 heterocycles. The van der Waals surface area contributed by atoms with Gasteiger partial charge < -0.3 is 10.6 Å². The quantitative estimate of drug-likeness (QED) is 0.895. The smallest absolute Gasteiger partial charge is 0.238 e. The number of benzene rings is 1. The first-order valence-electron chi connectivity index (χ1n) is 4.48. The van der Waals surface area contributed by atoms with Crippen molar-refractivity contribution < 1.29 is 4.79 Å². The summed E-state index contributed by atoms with van der Waals surface area (Å²) in [5.74, 6) is -0.0193. The second kappa shape index (κ2) is 7.68. The molecule has 1 amide bonds. The van der Waals surface area contributed by atoms with Gasteiger partial charge >= 0.3 is 0 Å². The highest BCUT2D eigenvalue weighted by Crippen LogP contribution is 2.13. The third-order valence-corrected chi connectivity index (χ3v) is 2.19. The molecule has 84 valence electrons. The second-order valence-electron chi connectivity index (χ2n) is 2.84. The number of anilines is 1. The van der Waals surface area contributed by atoms with Crippen LogP contribution < -0.4 is 10.6 Å². The van der Waals surface area contributed by atoms with Gasteiger partial charge in [-0.25, -0.2) is 0 Å². The molecular weight excluding hydrogens is 279 g/mol. The second-order valence-corrected chi connectivity index (χ2v) is 3.75. The summed E-state index contributed by atoms with van der Waals surface area (Å²) < 4.78 is 1.00. The molecule has 0 radical (unpaired) electrons. The average Bonchev–Trinajstić information content (AvgIpc) is 2.18. The van der Waals surface area contributed by atoms with Crippen LogP contribution in [0.4, 0.5) is 5.69 Å². The molecule has 0 unspecified atom stereocenters. The summed E-state index contributed by atoms with van der Waals surface area (Å²) in [5, 5.41) is 5.74. The molecule has 0 aliphatic rings. The Hall–Kier alpha value is -0.580. The SMILES string of the molecule is CCNCC(=O)Nc1ccc(Br)cc1.Cl. The van der Waals surface area contributed by atoms with E-state index in [1.54, 1.807) is 0 Å². The van der Waals surface area contributed by atoms with Gasteiger partial charge in [0.1, 0.15) is 0 Å². The van der Waals surface area contributed by atoms with Gasteiger partial charge in [-0.15, -0.1) is 12.4 Å². The van der Waals surface area contributed by atoms with Crippen molar-refractivity contribution in [3.8, 4) is 0 Å². The van der Waals surface area contributed by atoms with Crippen LogP contribution in [0, 0.1) is 0 Å². The topological polar surface area (TPSA) is 41.1 Å². The highest BCUT2D eigenvalue weighted by molar-refractivity contribution is 9.10. The van der Waals surface area contributed by atoms with Crippen LogP contribution in [0.25, 0.3) is 0 Å². The highest BCUT2D eigenvalue weighted by atomic mass is 79.9. The Balaban J connectivity index is 0.00000196. The number of hydrogen-bond acceptors (Lipinski definition) is 2. The fraction of sp³-hybridized carbons (Fsp3) is 0.300. The van der Waals surface area contributed by atoms with Crippen LogP contribution in [0.1, 0.15) is 6.92 Å². The maximum absolute atomic E-state index is 11.3. The van der Waals surface area contributed by atoms with Crippen LogP contribution in [-0.4, -0.2) is 19.0 Å². The lowest BCUT2D eigenvalue weighted by Crippen LogP contribution is -2.27. The van der Waals surface area contributed by atoms with E-state index in [2.05, 4.69) is 26.6 Å². The van der Waals surface area contributed by atoms with Crippen LogP contribution in [0.5, 0.6) is 0 Å². The van der Waals surface area contributed by atoms with E-state index in [1.165, 1.54) is 0 Å². The van der Waals surface area contributed by atoms with Crippen LogP contribution in [0.3, 0.4) is 0 Å². The van der Waals surface area contributed by atoms with E-state index < -0.39 is 0 Å². The van der Waals surface area contributed by atoms with Crippen molar-refractivity contribution in [2.75, 3.05) is 18.4 Å². The van der Waals surface area contributed by atoms with Crippen molar-refractivity contribution in [1.29, 1.82) is 0 Å². The fourth-order valence-electron chi connectivity index (χ4n) is 0.977. The Morgan fingerprint density at radius 3 is 2.47 bits per heavy atom. The summed E-state index contributed by atoms with van der Waals surface area (Å²) in [5.41, 5.74) is 0.816. The molecule has 0 saturated heterocycles. The maximum Gasteiger partial charge on any atom is 0.238 e. The third kappa shape index (κ3) is 5.77. The van der Waals surface area contributed by atoms with Crippen molar-refractivity contribution in [2.45, 2.75) is 6.92 Å². The standard InChI is InChI=1S/C10H13BrN2O.ClH/c1-2-12-7-10(14)13-9-5-3-8(11)4-6-9;/h3-6,12H,2,7H2,1H3,(H,13,14);1H. The molecule has 1 aromatic rings. The van der Waals surface area contributed by atoms with Crippen LogP contribution in [0.15, 0.2) is 28.7 Å². The molecule has 0 atom stereocenters.